The minimum atomic E-state index is -0.843. The van der Waals surface area contributed by atoms with Crippen LogP contribution in [-0.2, 0) is 61.9 Å². The van der Waals surface area contributed by atoms with Crippen LogP contribution >= 0.6 is 0 Å². The molecule has 0 aliphatic rings. The SMILES string of the molecule is C.C=CC(=O)CCCCOCC(COCCCNC(=O)C=C)(COCCCNC(=O)C=C)COCC(COCCCCC(=O)C=C)(COCCCNC(=O)C=C)COCCCNC(=O)C=C. The van der Waals surface area contributed by atoms with Gasteiger partial charge in [-0.25, -0.2) is 0 Å². The predicted octanol–water partition coefficient (Wildman–Crippen LogP) is 4.33. The van der Waals surface area contributed by atoms with E-state index >= 15 is 0 Å². The highest BCUT2D eigenvalue weighted by atomic mass is 16.5. The largest absolute Gasteiger partial charge is 0.381 e. The fourth-order valence-electron chi connectivity index (χ4n) is 5.76. The van der Waals surface area contributed by atoms with E-state index in [1.54, 1.807) is 0 Å². The first-order valence-corrected chi connectivity index (χ1v) is 22.4. The molecule has 4 amide bonds. The minimum absolute atomic E-state index is 0. The van der Waals surface area contributed by atoms with Gasteiger partial charge in [0, 0.05) is 78.7 Å². The lowest BCUT2D eigenvalue weighted by atomic mass is 9.90. The number of ether oxygens (including phenoxy) is 7. The zero-order chi connectivity index (χ0) is 48.3. The molecule has 0 aliphatic heterocycles. The molecule has 0 aromatic heterocycles. The number of nitrogens with one attached hydrogen (secondary N) is 4. The third-order valence-electron chi connectivity index (χ3n) is 9.45. The van der Waals surface area contributed by atoms with Crippen LogP contribution in [0.4, 0.5) is 0 Å². The van der Waals surface area contributed by atoms with Crippen LogP contribution in [0, 0.1) is 10.8 Å². The average Bonchev–Trinajstić information content (AvgIpc) is 3.32. The molecule has 376 valence electrons. The molecule has 0 spiro atoms. The standard InChI is InChI=1S/C48H78N4O13.CH4/c1-7-41(53)21-13-15-27-59-33-47(35-61-29-17-23-49-43(55)9-3,36-62-30-18-24-50-44(56)10-4)39-65-40-48(34-60-28-16-14-22-42(54)8-2,37-63-31-19-25-51-45(57)11-5)38-64-32-20-26-52-46(58)12-6;/h7-12H,1-6,13-40H2,(H,49,55)(H,50,56)(H,51,57)(H,52,58);1H4. The molecule has 0 aromatic carbocycles. The third-order valence-corrected chi connectivity index (χ3v) is 9.45. The number of hydrogen-bond donors (Lipinski definition) is 4. The number of ketones is 2. The zero-order valence-electron chi connectivity index (χ0n) is 38.8. The van der Waals surface area contributed by atoms with Gasteiger partial charge in [0.15, 0.2) is 11.6 Å². The lowest BCUT2D eigenvalue weighted by molar-refractivity contribution is -0.143. The van der Waals surface area contributed by atoms with Crippen LogP contribution in [0.15, 0.2) is 75.9 Å². The van der Waals surface area contributed by atoms with Gasteiger partial charge in [-0.1, -0.05) is 46.9 Å². The predicted molar refractivity (Wildman–Crippen MR) is 257 cm³/mol. The van der Waals surface area contributed by atoms with E-state index in [2.05, 4.69) is 60.7 Å². The highest BCUT2D eigenvalue weighted by Crippen LogP contribution is 2.26. The molecular weight excluding hydrogens is 853 g/mol. The van der Waals surface area contributed by atoms with Crippen LogP contribution in [0.2, 0.25) is 0 Å². The highest BCUT2D eigenvalue weighted by Gasteiger charge is 2.37. The summed E-state index contributed by atoms with van der Waals surface area (Å²) >= 11 is 0. The second kappa shape index (κ2) is 43.0. The smallest absolute Gasteiger partial charge is 0.243 e. The van der Waals surface area contributed by atoms with E-state index in [9.17, 15) is 28.8 Å². The van der Waals surface area contributed by atoms with Crippen molar-refractivity contribution in [3.63, 3.8) is 0 Å². The van der Waals surface area contributed by atoms with Crippen molar-refractivity contribution < 1.29 is 61.9 Å². The van der Waals surface area contributed by atoms with E-state index in [-0.39, 0.29) is 95.5 Å². The molecule has 0 radical (unpaired) electrons. The van der Waals surface area contributed by atoms with Crippen molar-refractivity contribution >= 4 is 35.2 Å². The number of hydrogen-bond acceptors (Lipinski definition) is 13. The summed E-state index contributed by atoms with van der Waals surface area (Å²) in [5.41, 5.74) is -1.69. The summed E-state index contributed by atoms with van der Waals surface area (Å²) in [4.78, 5) is 70.4. The molecule has 0 saturated heterocycles. The van der Waals surface area contributed by atoms with Gasteiger partial charge in [-0.05, 0) is 87.8 Å². The van der Waals surface area contributed by atoms with Crippen molar-refractivity contribution in [1.82, 2.24) is 21.3 Å². The number of carbonyl (C=O) groups excluding carboxylic acids is 6. The Balaban J connectivity index is 0. The van der Waals surface area contributed by atoms with Gasteiger partial charge in [-0.3, -0.25) is 28.8 Å². The molecule has 0 unspecified atom stereocenters. The van der Waals surface area contributed by atoms with Crippen molar-refractivity contribution in [2.24, 2.45) is 10.8 Å². The summed E-state index contributed by atoms with van der Waals surface area (Å²) in [6.07, 6.45) is 12.8. The number of amides is 4. The van der Waals surface area contributed by atoms with Gasteiger partial charge in [0.05, 0.1) is 63.7 Å². The van der Waals surface area contributed by atoms with Gasteiger partial charge in [0.2, 0.25) is 23.6 Å². The van der Waals surface area contributed by atoms with Crippen molar-refractivity contribution in [2.45, 2.75) is 71.6 Å². The van der Waals surface area contributed by atoms with E-state index in [1.165, 1.54) is 36.5 Å². The molecule has 17 nitrogen and oxygen atoms in total. The second-order valence-electron chi connectivity index (χ2n) is 15.5. The fraction of sp³-hybridized carbons (Fsp3) is 0.633. The lowest BCUT2D eigenvalue weighted by Gasteiger charge is -2.37. The molecule has 0 fully saturated rings. The Morgan fingerprint density at radius 1 is 0.333 bits per heavy atom. The van der Waals surface area contributed by atoms with Gasteiger partial charge in [-0.2, -0.15) is 0 Å². The molecular formula is C49H82N4O13. The van der Waals surface area contributed by atoms with E-state index in [4.69, 9.17) is 33.2 Å². The van der Waals surface area contributed by atoms with Gasteiger partial charge in [0.1, 0.15) is 0 Å². The van der Waals surface area contributed by atoms with Crippen molar-refractivity contribution in [1.29, 1.82) is 0 Å². The van der Waals surface area contributed by atoms with Crippen LogP contribution < -0.4 is 21.3 Å². The minimum Gasteiger partial charge on any atom is -0.381 e. The Morgan fingerprint density at radius 3 is 0.788 bits per heavy atom. The molecule has 66 heavy (non-hydrogen) atoms. The third kappa shape index (κ3) is 35.6. The summed E-state index contributed by atoms with van der Waals surface area (Å²) in [5, 5.41) is 11.0. The van der Waals surface area contributed by atoms with E-state index < -0.39 is 10.8 Å². The molecule has 4 N–H and O–H groups in total. The molecule has 0 bridgehead atoms. The van der Waals surface area contributed by atoms with E-state index in [0.717, 1.165) is 0 Å². The molecule has 0 heterocycles. The maximum Gasteiger partial charge on any atom is 0.243 e. The molecule has 0 saturated carbocycles. The quantitative estimate of drug-likeness (QED) is 0.0495. The fourth-order valence-corrected chi connectivity index (χ4v) is 5.76. The number of rotatable bonds is 48. The molecule has 0 rings (SSSR count). The topological polar surface area (TPSA) is 215 Å². The van der Waals surface area contributed by atoms with Gasteiger partial charge >= 0.3 is 0 Å². The van der Waals surface area contributed by atoms with Gasteiger partial charge in [-0.15, -0.1) is 0 Å². The maximum absolute atomic E-state index is 11.8. The number of carbonyl (C=O) groups is 6. The number of allylic oxidation sites excluding steroid dienone is 2. The van der Waals surface area contributed by atoms with Crippen molar-refractivity contribution in [2.75, 3.05) is 119 Å². The first-order valence-electron chi connectivity index (χ1n) is 22.4. The Bertz CT molecular complexity index is 1180. The first kappa shape index (κ1) is 63.5. The summed E-state index contributed by atoms with van der Waals surface area (Å²) < 4.78 is 44.0. The molecule has 17 heteroatoms. The van der Waals surface area contributed by atoms with Crippen LogP contribution in [0.5, 0.6) is 0 Å². The van der Waals surface area contributed by atoms with Crippen LogP contribution in [0.25, 0.3) is 0 Å². The number of unbranched alkanes of at least 4 members (excludes halogenated alkanes) is 2. The maximum atomic E-state index is 11.8. The van der Waals surface area contributed by atoms with Gasteiger partial charge < -0.3 is 54.4 Å². The van der Waals surface area contributed by atoms with Crippen molar-refractivity contribution in [3.8, 4) is 0 Å². The summed E-state index contributed by atoms with van der Waals surface area (Å²) in [5.74, 6) is -1.20. The summed E-state index contributed by atoms with van der Waals surface area (Å²) in [6.45, 7) is 25.8. The Kier molecular flexibility index (Phi) is 41.3. The Morgan fingerprint density at radius 2 is 0.561 bits per heavy atom. The zero-order valence-corrected chi connectivity index (χ0v) is 38.8. The Labute approximate surface area is 394 Å². The lowest BCUT2D eigenvalue weighted by Crippen LogP contribution is -2.46. The molecule has 0 aliphatic carbocycles. The summed E-state index contributed by atoms with van der Waals surface area (Å²) in [6, 6.07) is 0. The van der Waals surface area contributed by atoms with Gasteiger partial charge in [0.25, 0.3) is 0 Å². The monoisotopic (exact) mass is 935 g/mol. The normalized spacial score (nSPS) is 11.0. The van der Waals surface area contributed by atoms with Crippen LogP contribution in [-0.4, -0.2) is 154 Å². The molecule has 0 aromatic rings. The van der Waals surface area contributed by atoms with Crippen LogP contribution in [0.1, 0.15) is 71.6 Å². The highest BCUT2D eigenvalue weighted by molar-refractivity contribution is 5.89. The van der Waals surface area contributed by atoms with Crippen molar-refractivity contribution in [3.05, 3.63) is 75.9 Å². The van der Waals surface area contributed by atoms with E-state index in [0.29, 0.717) is 130 Å². The van der Waals surface area contributed by atoms with Crippen LogP contribution in [0.3, 0.4) is 0 Å². The average molecular weight is 935 g/mol. The van der Waals surface area contributed by atoms with E-state index in [1.807, 2.05) is 0 Å². The first-order chi connectivity index (χ1) is 31.4. The molecule has 0 atom stereocenters. The second-order valence-corrected chi connectivity index (χ2v) is 15.5. The Hall–Kier alpha value is -4.62. The summed E-state index contributed by atoms with van der Waals surface area (Å²) in [7, 11) is 0.